The van der Waals surface area contributed by atoms with Crippen LogP contribution in [0.4, 0.5) is 5.00 Å². The van der Waals surface area contributed by atoms with Gasteiger partial charge in [0.25, 0.3) is 5.91 Å². The van der Waals surface area contributed by atoms with Crippen molar-refractivity contribution in [3.05, 3.63) is 69.6 Å². The summed E-state index contributed by atoms with van der Waals surface area (Å²) in [7, 11) is 0. The van der Waals surface area contributed by atoms with Gasteiger partial charge in [-0.15, -0.1) is 11.3 Å². The smallest absolute Gasteiger partial charge is 0.343 e. The molecule has 3 heterocycles. The van der Waals surface area contributed by atoms with Crippen molar-refractivity contribution in [2.45, 2.75) is 52.6 Å². The summed E-state index contributed by atoms with van der Waals surface area (Å²) in [6.45, 7) is 7.12. The van der Waals surface area contributed by atoms with E-state index in [-0.39, 0.29) is 18.9 Å². The highest BCUT2D eigenvalue weighted by Gasteiger charge is 2.37. The molecule has 3 aliphatic rings. The lowest BCUT2D eigenvalue weighted by Gasteiger charge is -2.36. The third-order valence-corrected chi connectivity index (χ3v) is 9.28. The zero-order valence-electron chi connectivity index (χ0n) is 21.2. The number of anilines is 1. The molecule has 1 aromatic heterocycles. The highest BCUT2D eigenvalue weighted by atomic mass is 32.1. The van der Waals surface area contributed by atoms with E-state index in [1.807, 2.05) is 12.1 Å². The number of rotatable bonds is 5. The predicted octanol–water partition coefficient (Wildman–Crippen LogP) is 6.09. The Morgan fingerprint density at radius 2 is 1.89 bits per heavy atom. The number of amides is 1. The lowest BCUT2D eigenvalue weighted by Crippen LogP contribution is -2.38. The molecular formula is C29H30N2O5S. The summed E-state index contributed by atoms with van der Waals surface area (Å²) >= 11 is 1.73. The molecule has 0 saturated carbocycles. The number of thiophene rings is 1. The minimum atomic E-state index is -0.478. The summed E-state index contributed by atoms with van der Waals surface area (Å²) in [5.41, 5.74) is 3.61. The van der Waals surface area contributed by atoms with Crippen molar-refractivity contribution in [1.29, 1.82) is 0 Å². The van der Waals surface area contributed by atoms with E-state index in [1.54, 1.807) is 41.7 Å². The standard InChI is InChI=1S/C29H30N2O5S/c1-4-29(2,3)18-8-11-20-23(14-18)37-27-24(20)26(32)30-25(31-27)16-5-9-19(10-6-16)36-28(33)17-7-12-21-22(13-17)35-15-34-21/h5-7,9-10,12-13,18,25,31H,4,8,11,14-15H2,1-3H3,(H,30,32)/t18-,25+/m1/s1. The predicted molar refractivity (Wildman–Crippen MR) is 142 cm³/mol. The van der Waals surface area contributed by atoms with E-state index in [9.17, 15) is 9.59 Å². The molecule has 37 heavy (non-hydrogen) atoms. The van der Waals surface area contributed by atoms with Gasteiger partial charge in [-0.05, 0) is 72.1 Å². The van der Waals surface area contributed by atoms with Gasteiger partial charge in [-0.3, -0.25) is 4.79 Å². The number of fused-ring (bicyclic) bond motifs is 4. The summed E-state index contributed by atoms with van der Waals surface area (Å²) in [5.74, 6) is 1.70. The van der Waals surface area contributed by atoms with E-state index in [0.29, 0.717) is 34.1 Å². The van der Waals surface area contributed by atoms with Crippen LogP contribution in [0, 0.1) is 11.3 Å². The highest BCUT2D eigenvalue weighted by Crippen LogP contribution is 2.47. The van der Waals surface area contributed by atoms with Gasteiger partial charge in [-0.25, -0.2) is 4.79 Å². The van der Waals surface area contributed by atoms with Crippen LogP contribution in [0.5, 0.6) is 17.2 Å². The SMILES string of the molecule is CCC(C)(C)[C@@H]1CCc2c(sc3c2C(=O)N[C@H](c2ccc(OC(=O)c4ccc5c(c4)OCO5)cc2)N3)C1. The van der Waals surface area contributed by atoms with Crippen molar-refractivity contribution < 1.29 is 23.8 Å². The van der Waals surface area contributed by atoms with Gasteiger partial charge in [0.15, 0.2) is 11.5 Å². The zero-order chi connectivity index (χ0) is 25.7. The Balaban J connectivity index is 1.15. The fourth-order valence-corrected chi connectivity index (χ4v) is 6.69. The largest absolute Gasteiger partial charge is 0.454 e. The Kier molecular flexibility index (Phi) is 5.87. The third kappa shape index (κ3) is 4.33. The molecule has 2 atom stereocenters. The van der Waals surface area contributed by atoms with Crippen LogP contribution in [0.1, 0.15) is 76.5 Å². The molecule has 192 valence electrons. The molecule has 1 aliphatic carbocycles. The van der Waals surface area contributed by atoms with E-state index in [0.717, 1.165) is 41.8 Å². The van der Waals surface area contributed by atoms with Crippen molar-refractivity contribution in [2.24, 2.45) is 11.3 Å². The molecule has 0 radical (unpaired) electrons. The van der Waals surface area contributed by atoms with E-state index in [2.05, 4.69) is 31.4 Å². The van der Waals surface area contributed by atoms with E-state index in [1.165, 1.54) is 10.4 Å². The first kappa shape index (κ1) is 23.9. The Morgan fingerprint density at radius 1 is 1.11 bits per heavy atom. The lowest BCUT2D eigenvalue weighted by atomic mass is 9.69. The van der Waals surface area contributed by atoms with Gasteiger partial charge in [0, 0.05) is 4.88 Å². The molecular weight excluding hydrogens is 488 g/mol. The molecule has 0 unspecified atom stereocenters. The number of carbonyl (C=O) groups excluding carboxylic acids is 2. The topological polar surface area (TPSA) is 85.9 Å². The van der Waals surface area contributed by atoms with Crippen molar-refractivity contribution in [3.8, 4) is 17.2 Å². The Hall–Kier alpha value is -3.52. The van der Waals surface area contributed by atoms with Gasteiger partial charge in [0.05, 0.1) is 11.1 Å². The summed E-state index contributed by atoms with van der Waals surface area (Å²) in [6.07, 6.45) is 3.93. The van der Waals surface area contributed by atoms with Crippen molar-refractivity contribution in [1.82, 2.24) is 5.32 Å². The van der Waals surface area contributed by atoms with Gasteiger partial charge in [0.1, 0.15) is 16.9 Å². The second-order valence-electron chi connectivity index (χ2n) is 10.6. The van der Waals surface area contributed by atoms with Crippen LogP contribution >= 0.6 is 11.3 Å². The van der Waals surface area contributed by atoms with E-state index in [4.69, 9.17) is 14.2 Å². The molecule has 2 N–H and O–H groups in total. The number of benzene rings is 2. The molecule has 1 amide bonds. The molecule has 6 rings (SSSR count). The first-order valence-corrected chi connectivity index (χ1v) is 13.6. The number of carbonyl (C=O) groups is 2. The van der Waals surface area contributed by atoms with Crippen LogP contribution in [-0.4, -0.2) is 18.7 Å². The number of nitrogens with one attached hydrogen (secondary N) is 2. The van der Waals surface area contributed by atoms with Crippen LogP contribution in [-0.2, 0) is 12.8 Å². The van der Waals surface area contributed by atoms with Crippen molar-refractivity contribution in [3.63, 3.8) is 0 Å². The zero-order valence-corrected chi connectivity index (χ0v) is 22.0. The summed E-state index contributed by atoms with van der Waals surface area (Å²) in [6, 6.07) is 12.2. The minimum Gasteiger partial charge on any atom is -0.454 e. The maximum atomic E-state index is 13.2. The lowest BCUT2D eigenvalue weighted by molar-refractivity contribution is 0.0734. The van der Waals surface area contributed by atoms with Crippen LogP contribution in [0.15, 0.2) is 42.5 Å². The molecule has 0 spiro atoms. The molecule has 0 saturated heterocycles. The van der Waals surface area contributed by atoms with Gasteiger partial charge in [0.2, 0.25) is 6.79 Å². The summed E-state index contributed by atoms with van der Waals surface area (Å²) in [4.78, 5) is 27.1. The second-order valence-corrected chi connectivity index (χ2v) is 11.7. The summed E-state index contributed by atoms with van der Waals surface area (Å²) < 4.78 is 16.2. The number of hydrogen-bond donors (Lipinski definition) is 2. The van der Waals surface area contributed by atoms with Crippen molar-refractivity contribution >= 4 is 28.2 Å². The maximum Gasteiger partial charge on any atom is 0.343 e. The molecule has 0 bridgehead atoms. The van der Waals surface area contributed by atoms with Crippen LogP contribution < -0.4 is 24.8 Å². The Bertz CT molecular complexity index is 1380. The van der Waals surface area contributed by atoms with Crippen LogP contribution in [0.25, 0.3) is 0 Å². The molecule has 3 aromatic rings. The average molecular weight is 519 g/mol. The second kappa shape index (κ2) is 9.10. The molecule has 7 nitrogen and oxygen atoms in total. The van der Waals surface area contributed by atoms with E-state index >= 15 is 0 Å². The van der Waals surface area contributed by atoms with Crippen LogP contribution in [0.2, 0.25) is 0 Å². The fraction of sp³-hybridized carbons (Fsp3) is 0.379. The van der Waals surface area contributed by atoms with Gasteiger partial charge in [-0.2, -0.15) is 0 Å². The van der Waals surface area contributed by atoms with Crippen LogP contribution in [0.3, 0.4) is 0 Å². The van der Waals surface area contributed by atoms with Crippen molar-refractivity contribution in [2.75, 3.05) is 12.1 Å². The first-order chi connectivity index (χ1) is 17.8. The minimum absolute atomic E-state index is 0.0252. The molecule has 0 fully saturated rings. The maximum absolute atomic E-state index is 13.2. The van der Waals surface area contributed by atoms with E-state index < -0.39 is 5.97 Å². The number of ether oxygens (including phenoxy) is 3. The molecule has 2 aliphatic heterocycles. The Labute approximate surface area is 220 Å². The number of esters is 1. The monoisotopic (exact) mass is 518 g/mol. The van der Waals surface area contributed by atoms with Gasteiger partial charge in [-0.1, -0.05) is 39.3 Å². The van der Waals surface area contributed by atoms with Gasteiger partial charge < -0.3 is 24.8 Å². The van der Waals surface area contributed by atoms with Gasteiger partial charge >= 0.3 is 5.97 Å². The summed E-state index contributed by atoms with van der Waals surface area (Å²) in [5, 5.41) is 7.59. The number of hydrogen-bond acceptors (Lipinski definition) is 7. The average Bonchev–Trinajstić information content (AvgIpc) is 3.52. The molecule has 2 aromatic carbocycles. The normalized spacial score (nSPS) is 19.9. The third-order valence-electron chi connectivity index (χ3n) is 8.09. The fourth-order valence-electron chi connectivity index (χ4n) is 5.34. The first-order valence-electron chi connectivity index (χ1n) is 12.8. The quantitative estimate of drug-likeness (QED) is 0.314. The highest BCUT2D eigenvalue weighted by molar-refractivity contribution is 7.16. The molecule has 8 heteroatoms. The Morgan fingerprint density at radius 3 is 2.68 bits per heavy atom.